The molecule has 1 heterocycles. The first-order valence-electron chi connectivity index (χ1n) is 7.31. The zero-order chi connectivity index (χ0) is 16.3. The first-order valence-corrected chi connectivity index (χ1v) is 7.31. The van der Waals surface area contributed by atoms with Gasteiger partial charge in [0.2, 0.25) is 11.8 Å². The van der Waals surface area contributed by atoms with Gasteiger partial charge < -0.3 is 10.2 Å². The van der Waals surface area contributed by atoms with Crippen molar-refractivity contribution in [3.8, 4) is 0 Å². The van der Waals surface area contributed by atoms with Gasteiger partial charge >= 0.3 is 0 Å². The quantitative estimate of drug-likeness (QED) is 0.904. The van der Waals surface area contributed by atoms with Gasteiger partial charge in [-0.05, 0) is 12.0 Å². The highest BCUT2D eigenvalue weighted by Gasteiger charge is 2.25. The number of nitrogens with zero attached hydrogens (tertiary/aromatic N) is 3. The van der Waals surface area contributed by atoms with Gasteiger partial charge in [-0.1, -0.05) is 32.0 Å². The zero-order valence-electron chi connectivity index (χ0n) is 13.4. The van der Waals surface area contributed by atoms with Gasteiger partial charge in [-0.15, -0.1) is 0 Å². The second kappa shape index (κ2) is 6.60. The molecule has 6 heteroatoms. The summed E-state index contributed by atoms with van der Waals surface area (Å²) in [4.78, 5) is 25.9. The van der Waals surface area contributed by atoms with E-state index in [2.05, 4.69) is 10.4 Å². The first-order chi connectivity index (χ1) is 10.4. The van der Waals surface area contributed by atoms with Crippen molar-refractivity contribution in [2.45, 2.75) is 26.4 Å². The molecule has 1 atom stereocenters. The number of aromatic nitrogens is 2. The molecule has 0 aliphatic carbocycles. The number of amides is 2. The lowest BCUT2D eigenvalue weighted by Crippen LogP contribution is -2.50. The van der Waals surface area contributed by atoms with Crippen LogP contribution in [-0.2, 0) is 16.1 Å². The Bertz CT molecular complexity index is 676. The normalized spacial score (nSPS) is 12.4. The number of para-hydroxylation sites is 1. The predicted octanol–water partition coefficient (Wildman–Crippen LogP) is 1.27. The molecule has 0 saturated carbocycles. The maximum atomic E-state index is 12.3. The van der Waals surface area contributed by atoms with Crippen LogP contribution in [0.25, 0.3) is 10.9 Å². The molecule has 0 aliphatic heterocycles. The SMILES string of the molecule is CC(C)[C@H](NC(=O)Cn1ncc2ccccc21)C(=O)N(C)C. The first kappa shape index (κ1) is 16.0. The van der Waals surface area contributed by atoms with Crippen LogP contribution < -0.4 is 5.32 Å². The van der Waals surface area contributed by atoms with Crippen molar-refractivity contribution in [1.82, 2.24) is 20.0 Å². The van der Waals surface area contributed by atoms with E-state index in [1.54, 1.807) is 25.0 Å². The fourth-order valence-corrected chi connectivity index (χ4v) is 2.30. The predicted molar refractivity (Wildman–Crippen MR) is 85.2 cm³/mol. The summed E-state index contributed by atoms with van der Waals surface area (Å²) in [6.07, 6.45) is 1.73. The number of benzene rings is 1. The molecule has 0 saturated heterocycles. The van der Waals surface area contributed by atoms with Crippen molar-refractivity contribution in [1.29, 1.82) is 0 Å². The van der Waals surface area contributed by atoms with Gasteiger partial charge in [-0.25, -0.2) is 0 Å². The van der Waals surface area contributed by atoms with Crippen LogP contribution in [0.5, 0.6) is 0 Å². The van der Waals surface area contributed by atoms with Crippen LogP contribution in [0.2, 0.25) is 0 Å². The maximum absolute atomic E-state index is 12.3. The van der Waals surface area contributed by atoms with E-state index in [0.29, 0.717) is 0 Å². The van der Waals surface area contributed by atoms with E-state index < -0.39 is 6.04 Å². The monoisotopic (exact) mass is 302 g/mol. The van der Waals surface area contributed by atoms with Crippen LogP contribution >= 0.6 is 0 Å². The topological polar surface area (TPSA) is 67.2 Å². The summed E-state index contributed by atoms with van der Waals surface area (Å²) in [5.74, 6) is -0.301. The van der Waals surface area contributed by atoms with Crippen molar-refractivity contribution in [2.24, 2.45) is 5.92 Å². The molecule has 22 heavy (non-hydrogen) atoms. The standard InChI is InChI=1S/C16H22N4O2/c1-11(2)15(16(22)19(3)4)18-14(21)10-20-13-8-6-5-7-12(13)9-17-20/h5-9,11,15H,10H2,1-4H3,(H,18,21)/t15-/m0/s1. The van der Waals surface area contributed by atoms with E-state index in [-0.39, 0.29) is 24.3 Å². The van der Waals surface area contributed by atoms with Crippen molar-refractivity contribution < 1.29 is 9.59 Å². The van der Waals surface area contributed by atoms with Gasteiger partial charge in [0.05, 0.1) is 11.7 Å². The highest BCUT2D eigenvalue weighted by Crippen LogP contribution is 2.12. The van der Waals surface area contributed by atoms with Crippen LogP contribution in [-0.4, -0.2) is 46.6 Å². The van der Waals surface area contributed by atoms with Crippen molar-refractivity contribution >= 4 is 22.7 Å². The summed E-state index contributed by atoms with van der Waals surface area (Å²) in [6.45, 7) is 3.92. The van der Waals surface area contributed by atoms with E-state index >= 15 is 0 Å². The third-order valence-corrected chi connectivity index (χ3v) is 3.53. The number of nitrogens with one attached hydrogen (secondary N) is 1. The minimum absolute atomic E-state index is 0.0215. The smallest absolute Gasteiger partial charge is 0.244 e. The van der Waals surface area contributed by atoms with Crippen LogP contribution in [0.3, 0.4) is 0 Å². The van der Waals surface area contributed by atoms with Gasteiger partial charge in [0.15, 0.2) is 0 Å². The second-order valence-corrected chi connectivity index (χ2v) is 5.88. The van der Waals surface area contributed by atoms with Crippen molar-refractivity contribution in [3.05, 3.63) is 30.5 Å². The van der Waals surface area contributed by atoms with Crippen LogP contribution in [0.1, 0.15) is 13.8 Å². The summed E-state index contributed by atoms with van der Waals surface area (Å²) in [7, 11) is 3.37. The number of hydrogen-bond donors (Lipinski definition) is 1. The Hall–Kier alpha value is -2.37. The molecule has 0 unspecified atom stereocenters. The summed E-state index contributed by atoms with van der Waals surface area (Å²) in [5.41, 5.74) is 0.901. The summed E-state index contributed by atoms with van der Waals surface area (Å²) < 4.78 is 1.64. The molecule has 0 fully saturated rings. The van der Waals surface area contributed by atoms with Crippen molar-refractivity contribution in [2.75, 3.05) is 14.1 Å². The molecular weight excluding hydrogens is 280 g/mol. The Morgan fingerprint density at radius 1 is 1.27 bits per heavy atom. The molecule has 1 aromatic heterocycles. The maximum Gasteiger partial charge on any atom is 0.244 e. The summed E-state index contributed by atoms with van der Waals surface area (Å²) >= 11 is 0. The van der Waals surface area contributed by atoms with E-state index in [4.69, 9.17) is 0 Å². The van der Waals surface area contributed by atoms with E-state index in [0.717, 1.165) is 10.9 Å². The summed E-state index contributed by atoms with van der Waals surface area (Å²) in [5, 5.41) is 8.02. The van der Waals surface area contributed by atoms with Gasteiger partial charge in [0.1, 0.15) is 12.6 Å². The third kappa shape index (κ3) is 3.44. The Labute approximate surface area is 130 Å². The van der Waals surface area contributed by atoms with Gasteiger partial charge in [0.25, 0.3) is 0 Å². The lowest BCUT2D eigenvalue weighted by molar-refractivity contribution is -0.135. The minimum Gasteiger partial charge on any atom is -0.347 e. The Kier molecular flexibility index (Phi) is 4.80. The third-order valence-electron chi connectivity index (χ3n) is 3.53. The highest BCUT2D eigenvalue weighted by molar-refractivity contribution is 5.88. The Morgan fingerprint density at radius 2 is 1.95 bits per heavy atom. The molecule has 6 nitrogen and oxygen atoms in total. The zero-order valence-corrected chi connectivity index (χ0v) is 13.4. The van der Waals surface area contributed by atoms with Crippen LogP contribution in [0.4, 0.5) is 0 Å². The molecule has 0 spiro atoms. The number of carbonyl (C=O) groups is 2. The van der Waals surface area contributed by atoms with E-state index in [9.17, 15) is 9.59 Å². The molecule has 2 amide bonds. The highest BCUT2D eigenvalue weighted by atomic mass is 16.2. The fourth-order valence-electron chi connectivity index (χ4n) is 2.30. The second-order valence-electron chi connectivity index (χ2n) is 5.88. The lowest BCUT2D eigenvalue weighted by atomic mass is 10.0. The Morgan fingerprint density at radius 3 is 2.59 bits per heavy atom. The van der Waals surface area contributed by atoms with Crippen molar-refractivity contribution in [3.63, 3.8) is 0 Å². The average molecular weight is 302 g/mol. The molecule has 1 aromatic carbocycles. The molecule has 2 rings (SSSR count). The van der Waals surface area contributed by atoms with Crippen LogP contribution in [0, 0.1) is 5.92 Å². The molecule has 0 bridgehead atoms. The molecule has 2 aromatic rings. The number of carbonyl (C=O) groups excluding carboxylic acids is 2. The molecular formula is C16H22N4O2. The fraction of sp³-hybridized carbons (Fsp3) is 0.438. The molecule has 0 radical (unpaired) electrons. The molecule has 0 aliphatic rings. The number of likely N-dealkylation sites (N-methyl/N-ethyl adjacent to an activating group) is 1. The molecule has 1 N–H and O–H groups in total. The van der Waals surface area contributed by atoms with Crippen LogP contribution in [0.15, 0.2) is 30.5 Å². The number of hydrogen-bond acceptors (Lipinski definition) is 3. The number of fused-ring (bicyclic) bond motifs is 1. The minimum atomic E-state index is -0.524. The van der Waals surface area contributed by atoms with Gasteiger partial charge in [-0.2, -0.15) is 5.10 Å². The lowest BCUT2D eigenvalue weighted by Gasteiger charge is -2.24. The Balaban J connectivity index is 2.10. The van der Waals surface area contributed by atoms with Gasteiger partial charge in [-0.3, -0.25) is 14.3 Å². The van der Waals surface area contributed by atoms with E-state index in [1.807, 2.05) is 38.1 Å². The molecule has 118 valence electrons. The largest absolute Gasteiger partial charge is 0.347 e. The summed E-state index contributed by atoms with van der Waals surface area (Å²) in [6, 6.07) is 7.18. The number of rotatable bonds is 5. The average Bonchev–Trinajstić information content (AvgIpc) is 2.87. The van der Waals surface area contributed by atoms with E-state index in [1.165, 1.54) is 4.90 Å². The van der Waals surface area contributed by atoms with Gasteiger partial charge in [0, 0.05) is 19.5 Å².